The Morgan fingerprint density at radius 1 is 1.19 bits per heavy atom. The lowest BCUT2D eigenvalue weighted by atomic mass is 10.2. The zero-order chi connectivity index (χ0) is 22.8. The van der Waals surface area contributed by atoms with E-state index in [-0.39, 0.29) is 27.4 Å². The second kappa shape index (κ2) is 9.08. The third-order valence-corrected chi connectivity index (χ3v) is 6.91. The molecule has 2 heterocycles. The molecule has 0 aliphatic rings. The number of halogens is 1. The highest BCUT2D eigenvalue weighted by molar-refractivity contribution is 7.92. The zero-order valence-electron chi connectivity index (χ0n) is 17.0. The SMILES string of the molecule is COc1ccc(S(=O)(=O)Nc2cc(-c3sc(NC(C)=O)nc3C)cnc2Cl)c(OC)c1. The van der Waals surface area contributed by atoms with Gasteiger partial charge in [-0.15, -0.1) is 0 Å². The molecule has 0 saturated heterocycles. The Morgan fingerprint density at radius 2 is 1.94 bits per heavy atom. The predicted octanol–water partition coefficient (Wildman–Crippen LogP) is 3.94. The summed E-state index contributed by atoms with van der Waals surface area (Å²) in [6.45, 7) is 3.17. The van der Waals surface area contributed by atoms with Crippen LogP contribution in [0.5, 0.6) is 11.5 Å². The number of amides is 1. The van der Waals surface area contributed by atoms with Gasteiger partial charge in [0.15, 0.2) is 10.3 Å². The number of methoxy groups -OCH3 is 2. The van der Waals surface area contributed by atoms with Crippen LogP contribution in [0.15, 0.2) is 35.4 Å². The van der Waals surface area contributed by atoms with Crippen molar-refractivity contribution in [2.45, 2.75) is 18.7 Å². The van der Waals surface area contributed by atoms with Crippen LogP contribution < -0.4 is 19.5 Å². The smallest absolute Gasteiger partial charge is 0.265 e. The number of rotatable bonds is 7. The Morgan fingerprint density at radius 3 is 2.58 bits per heavy atom. The Labute approximate surface area is 188 Å². The van der Waals surface area contributed by atoms with Crippen LogP contribution in [0.3, 0.4) is 0 Å². The van der Waals surface area contributed by atoms with E-state index < -0.39 is 10.0 Å². The zero-order valence-corrected chi connectivity index (χ0v) is 19.4. The highest BCUT2D eigenvalue weighted by atomic mass is 35.5. The molecule has 0 radical (unpaired) electrons. The molecule has 3 aromatic rings. The standard InChI is InChI=1S/C19H19ClN4O5S2/c1-10-17(30-19(22-10)23-11(2)25)12-7-14(18(20)21-9-12)24-31(26,27)16-6-5-13(28-3)8-15(16)29-4/h5-9,24H,1-4H3,(H,22,23,25). The van der Waals surface area contributed by atoms with E-state index >= 15 is 0 Å². The molecule has 0 aliphatic carbocycles. The molecule has 3 rings (SSSR count). The van der Waals surface area contributed by atoms with E-state index in [1.54, 1.807) is 13.0 Å². The van der Waals surface area contributed by atoms with Crippen LogP contribution in [-0.2, 0) is 14.8 Å². The van der Waals surface area contributed by atoms with Crippen molar-refractivity contribution < 1.29 is 22.7 Å². The second-order valence-corrected chi connectivity index (χ2v) is 9.31. The molecule has 1 amide bonds. The first-order chi connectivity index (χ1) is 14.6. The summed E-state index contributed by atoms with van der Waals surface area (Å²) in [6, 6.07) is 5.91. The molecule has 1 aromatic carbocycles. The number of carbonyl (C=O) groups excluding carboxylic acids is 1. The van der Waals surface area contributed by atoms with Crippen LogP contribution in [0.25, 0.3) is 10.4 Å². The number of pyridine rings is 1. The summed E-state index contributed by atoms with van der Waals surface area (Å²) >= 11 is 7.40. The monoisotopic (exact) mass is 482 g/mol. The number of thiazole rings is 1. The first kappa shape index (κ1) is 22.8. The molecule has 0 spiro atoms. The number of aromatic nitrogens is 2. The van der Waals surface area contributed by atoms with Crippen molar-refractivity contribution >= 4 is 49.7 Å². The Balaban J connectivity index is 1.98. The largest absolute Gasteiger partial charge is 0.497 e. The maximum absolute atomic E-state index is 13.0. The van der Waals surface area contributed by atoms with Gasteiger partial charge in [-0.3, -0.25) is 9.52 Å². The minimum Gasteiger partial charge on any atom is -0.497 e. The molecule has 0 bridgehead atoms. The van der Waals surface area contributed by atoms with Gasteiger partial charge in [-0.05, 0) is 25.1 Å². The number of anilines is 2. The Bertz CT molecular complexity index is 1240. The van der Waals surface area contributed by atoms with Gasteiger partial charge in [0.25, 0.3) is 10.0 Å². The van der Waals surface area contributed by atoms with Crippen molar-refractivity contribution in [2.24, 2.45) is 0 Å². The number of nitrogens with zero attached hydrogens (tertiary/aromatic N) is 2. The van der Waals surface area contributed by atoms with Crippen molar-refractivity contribution in [3.8, 4) is 21.9 Å². The quantitative estimate of drug-likeness (QED) is 0.489. The average molecular weight is 483 g/mol. The van der Waals surface area contributed by atoms with Gasteiger partial charge in [-0.1, -0.05) is 22.9 Å². The molecule has 0 fully saturated rings. The fourth-order valence-electron chi connectivity index (χ4n) is 2.71. The van der Waals surface area contributed by atoms with Crippen LogP contribution in [0, 0.1) is 6.92 Å². The van der Waals surface area contributed by atoms with Gasteiger partial charge in [-0.2, -0.15) is 0 Å². The number of aryl methyl sites for hydroxylation is 1. The molecule has 9 nitrogen and oxygen atoms in total. The van der Waals surface area contributed by atoms with Crippen molar-refractivity contribution in [3.05, 3.63) is 41.3 Å². The van der Waals surface area contributed by atoms with Gasteiger partial charge < -0.3 is 14.8 Å². The van der Waals surface area contributed by atoms with Gasteiger partial charge in [0.1, 0.15) is 16.4 Å². The van der Waals surface area contributed by atoms with Gasteiger partial charge in [0.05, 0.1) is 30.5 Å². The molecule has 12 heteroatoms. The van der Waals surface area contributed by atoms with E-state index in [9.17, 15) is 13.2 Å². The molecular formula is C19H19ClN4O5S2. The van der Waals surface area contributed by atoms with Crippen molar-refractivity contribution in [1.82, 2.24) is 9.97 Å². The normalized spacial score (nSPS) is 11.1. The molecular weight excluding hydrogens is 464 g/mol. The number of benzene rings is 1. The van der Waals surface area contributed by atoms with Crippen molar-refractivity contribution in [2.75, 3.05) is 24.3 Å². The highest BCUT2D eigenvalue weighted by Gasteiger charge is 2.22. The minimum atomic E-state index is -4.05. The first-order valence-corrected chi connectivity index (χ1v) is 11.5. The van der Waals surface area contributed by atoms with Crippen molar-refractivity contribution in [1.29, 1.82) is 0 Å². The minimum absolute atomic E-state index is 0.0240. The van der Waals surface area contributed by atoms with Crippen LogP contribution in [0.1, 0.15) is 12.6 Å². The fraction of sp³-hybridized carbons (Fsp3) is 0.211. The highest BCUT2D eigenvalue weighted by Crippen LogP contribution is 2.36. The van der Waals surface area contributed by atoms with Gasteiger partial charge in [-0.25, -0.2) is 18.4 Å². The lowest BCUT2D eigenvalue weighted by Crippen LogP contribution is -2.14. The van der Waals surface area contributed by atoms with Crippen LogP contribution in [0.2, 0.25) is 5.15 Å². The van der Waals surface area contributed by atoms with E-state index in [0.29, 0.717) is 22.1 Å². The number of ether oxygens (including phenoxy) is 2. The van der Waals surface area contributed by atoms with Gasteiger partial charge >= 0.3 is 0 Å². The maximum Gasteiger partial charge on any atom is 0.265 e. The summed E-state index contributed by atoms with van der Waals surface area (Å²) in [5.41, 5.74) is 1.34. The van der Waals surface area contributed by atoms with Crippen molar-refractivity contribution in [3.63, 3.8) is 0 Å². The third-order valence-electron chi connectivity index (χ3n) is 4.09. The number of nitrogens with one attached hydrogen (secondary N) is 2. The number of hydrogen-bond acceptors (Lipinski definition) is 8. The molecule has 2 aromatic heterocycles. The summed E-state index contributed by atoms with van der Waals surface area (Å²) in [7, 11) is -1.22. The second-order valence-electron chi connectivity index (χ2n) is 6.30. The lowest BCUT2D eigenvalue weighted by Gasteiger charge is -2.14. The predicted molar refractivity (Wildman–Crippen MR) is 120 cm³/mol. The molecule has 0 unspecified atom stereocenters. The average Bonchev–Trinajstić information content (AvgIpc) is 3.08. The van der Waals surface area contributed by atoms with E-state index in [1.165, 1.54) is 56.9 Å². The molecule has 0 atom stereocenters. The van der Waals surface area contributed by atoms with Crippen LogP contribution in [0.4, 0.5) is 10.8 Å². The molecule has 0 saturated carbocycles. The van der Waals surface area contributed by atoms with E-state index in [0.717, 1.165) is 4.88 Å². The first-order valence-electron chi connectivity index (χ1n) is 8.80. The summed E-state index contributed by atoms with van der Waals surface area (Å²) in [6.07, 6.45) is 1.51. The van der Waals surface area contributed by atoms with Crippen LogP contribution in [-0.4, -0.2) is 38.5 Å². The third kappa shape index (κ3) is 5.06. The van der Waals surface area contributed by atoms with E-state index in [2.05, 4.69) is 20.0 Å². The van der Waals surface area contributed by atoms with E-state index in [4.69, 9.17) is 21.1 Å². The summed E-state index contributed by atoms with van der Waals surface area (Å²) in [4.78, 5) is 20.3. The molecule has 2 N–H and O–H groups in total. The fourth-order valence-corrected chi connectivity index (χ4v) is 5.12. The van der Waals surface area contributed by atoms with E-state index in [1.807, 2.05) is 0 Å². The summed E-state index contributed by atoms with van der Waals surface area (Å²) in [5.74, 6) is 0.329. The van der Waals surface area contributed by atoms with Gasteiger partial charge in [0, 0.05) is 24.8 Å². The Kier molecular flexibility index (Phi) is 6.68. The number of hydrogen-bond donors (Lipinski definition) is 2. The number of carbonyl (C=O) groups is 1. The molecule has 164 valence electrons. The number of sulfonamides is 1. The molecule has 31 heavy (non-hydrogen) atoms. The topological polar surface area (TPSA) is 120 Å². The summed E-state index contributed by atoms with van der Waals surface area (Å²) < 4.78 is 38.8. The molecule has 0 aliphatic heterocycles. The lowest BCUT2D eigenvalue weighted by molar-refractivity contribution is -0.114. The maximum atomic E-state index is 13.0. The Hall–Kier alpha value is -2.89. The summed E-state index contributed by atoms with van der Waals surface area (Å²) in [5, 5.41) is 3.04. The van der Waals surface area contributed by atoms with Crippen LogP contribution >= 0.6 is 22.9 Å². The van der Waals surface area contributed by atoms with Gasteiger partial charge in [0.2, 0.25) is 5.91 Å².